The van der Waals surface area contributed by atoms with Gasteiger partial charge in [-0.25, -0.2) is 4.68 Å². The zero-order chi connectivity index (χ0) is 19.3. The maximum Gasteiger partial charge on any atom is 0.199 e. The monoisotopic (exact) mass is 414 g/mol. The van der Waals surface area contributed by atoms with Crippen LogP contribution in [0.2, 0.25) is 0 Å². The standard InChI is InChI=1S/C21H26N4OS2/c26-18-8-4-11-23(15-18)16-25-21(27)24(12-10-17-6-2-1-3-7-17)20(22-25)14-19-9-5-13-28-19/h1-3,5-7,9,13,18,26H,4,8,10-12,14-16H2/t18-/m0/s1. The number of hydrogen-bond acceptors (Lipinski definition) is 5. The van der Waals surface area contributed by atoms with Gasteiger partial charge in [-0.15, -0.1) is 11.3 Å². The summed E-state index contributed by atoms with van der Waals surface area (Å²) in [5.41, 5.74) is 1.30. The van der Waals surface area contributed by atoms with Crippen molar-refractivity contribution in [3.05, 3.63) is 68.9 Å². The average molecular weight is 415 g/mol. The molecule has 0 unspecified atom stereocenters. The first-order chi connectivity index (χ1) is 13.7. The van der Waals surface area contributed by atoms with Gasteiger partial charge in [-0.1, -0.05) is 36.4 Å². The van der Waals surface area contributed by atoms with Gasteiger partial charge in [-0.3, -0.25) is 4.90 Å². The Balaban J connectivity index is 1.56. The van der Waals surface area contributed by atoms with E-state index in [0.717, 1.165) is 49.4 Å². The number of piperidine rings is 1. The van der Waals surface area contributed by atoms with E-state index in [-0.39, 0.29) is 6.10 Å². The Hall–Kier alpha value is -1.80. The van der Waals surface area contributed by atoms with Crippen LogP contribution in [0.1, 0.15) is 29.1 Å². The molecule has 0 amide bonds. The quantitative estimate of drug-likeness (QED) is 0.599. The number of nitrogens with zero attached hydrogens (tertiary/aromatic N) is 4. The minimum atomic E-state index is -0.242. The highest BCUT2D eigenvalue weighted by atomic mass is 32.1. The third kappa shape index (κ3) is 4.78. The number of β-amino-alcohol motifs (C(OH)–C–C–N with tert-alkyl or cyclic N) is 1. The summed E-state index contributed by atoms with van der Waals surface area (Å²) in [5.74, 6) is 1.01. The first kappa shape index (κ1) is 19.5. The number of aryl methyl sites for hydroxylation is 1. The average Bonchev–Trinajstić information content (AvgIpc) is 3.30. The third-order valence-electron chi connectivity index (χ3n) is 5.19. The van der Waals surface area contributed by atoms with Gasteiger partial charge in [0.1, 0.15) is 5.82 Å². The van der Waals surface area contributed by atoms with Crippen LogP contribution >= 0.6 is 23.6 Å². The number of thiophene rings is 1. The Morgan fingerprint density at radius 2 is 2.04 bits per heavy atom. The van der Waals surface area contributed by atoms with E-state index in [1.807, 2.05) is 10.7 Å². The molecule has 1 atom stereocenters. The van der Waals surface area contributed by atoms with Crippen LogP contribution in [0, 0.1) is 4.77 Å². The van der Waals surface area contributed by atoms with Gasteiger partial charge in [0.25, 0.3) is 0 Å². The topological polar surface area (TPSA) is 46.2 Å². The smallest absolute Gasteiger partial charge is 0.199 e. The third-order valence-corrected chi connectivity index (χ3v) is 6.50. The van der Waals surface area contributed by atoms with Gasteiger partial charge in [-0.05, 0) is 48.5 Å². The molecule has 0 spiro atoms. The van der Waals surface area contributed by atoms with Gasteiger partial charge in [0.05, 0.1) is 12.8 Å². The minimum absolute atomic E-state index is 0.242. The number of aromatic nitrogens is 3. The van der Waals surface area contributed by atoms with E-state index < -0.39 is 0 Å². The van der Waals surface area contributed by atoms with Crippen molar-refractivity contribution in [2.24, 2.45) is 0 Å². The van der Waals surface area contributed by atoms with Gasteiger partial charge in [0.15, 0.2) is 4.77 Å². The van der Waals surface area contributed by atoms with Gasteiger partial charge in [0, 0.05) is 30.9 Å². The Morgan fingerprint density at radius 1 is 1.18 bits per heavy atom. The summed E-state index contributed by atoms with van der Waals surface area (Å²) in [6.07, 6.45) is 3.39. The molecule has 28 heavy (non-hydrogen) atoms. The normalized spacial score (nSPS) is 17.8. The van der Waals surface area contributed by atoms with E-state index >= 15 is 0 Å². The molecule has 1 saturated heterocycles. The Bertz CT molecular complexity index is 933. The fourth-order valence-electron chi connectivity index (χ4n) is 3.74. The molecule has 2 aromatic heterocycles. The molecule has 7 heteroatoms. The highest BCUT2D eigenvalue weighted by molar-refractivity contribution is 7.71. The fraction of sp³-hybridized carbons (Fsp3) is 0.429. The summed E-state index contributed by atoms with van der Waals surface area (Å²) in [4.78, 5) is 3.54. The van der Waals surface area contributed by atoms with Crippen molar-refractivity contribution >= 4 is 23.6 Å². The van der Waals surface area contributed by atoms with Crippen LogP contribution in [0.4, 0.5) is 0 Å². The van der Waals surface area contributed by atoms with Crippen molar-refractivity contribution in [3.8, 4) is 0 Å². The summed E-state index contributed by atoms with van der Waals surface area (Å²) >= 11 is 7.55. The number of aliphatic hydroxyl groups excluding tert-OH is 1. The number of rotatable bonds is 7. The SMILES string of the molecule is O[C@H]1CCCN(Cn2nc(Cc3cccs3)n(CCc3ccccc3)c2=S)C1. The number of aliphatic hydroxyl groups is 1. The van der Waals surface area contributed by atoms with Crippen LogP contribution in [0.5, 0.6) is 0 Å². The molecule has 1 aliphatic heterocycles. The molecular formula is C21H26N4OS2. The zero-order valence-corrected chi connectivity index (χ0v) is 17.5. The predicted octanol–water partition coefficient (Wildman–Crippen LogP) is 3.72. The van der Waals surface area contributed by atoms with Crippen molar-refractivity contribution in [2.75, 3.05) is 13.1 Å². The van der Waals surface area contributed by atoms with Gasteiger partial charge in [0.2, 0.25) is 0 Å². The van der Waals surface area contributed by atoms with Crippen LogP contribution in [0.3, 0.4) is 0 Å². The zero-order valence-electron chi connectivity index (χ0n) is 15.9. The van der Waals surface area contributed by atoms with Gasteiger partial charge in [-0.2, -0.15) is 5.10 Å². The lowest BCUT2D eigenvalue weighted by Gasteiger charge is -2.29. The lowest BCUT2D eigenvalue weighted by Crippen LogP contribution is -2.39. The molecule has 1 aliphatic rings. The molecule has 1 fully saturated rings. The summed E-state index contributed by atoms with van der Waals surface area (Å²) < 4.78 is 4.88. The Kier molecular flexibility index (Phi) is 6.36. The van der Waals surface area contributed by atoms with Crippen molar-refractivity contribution in [1.29, 1.82) is 0 Å². The number of likely N-dealkylation sites (tertiary alicyclic amines) is 1. The molecular weight excluding hydrogens is 388 g/mol. The highest BCUT2D eigenvalue weighted by Gasteiger charge is 2.20. The largest absolute Gasteiger partial charge is 0.392 e. The summed E-state index contributed by atoms with van der Waals surface area (Å²) in [5, 5.41) is 16.9. The molecule has 0 saturated carbocycles. The van der Waals surface area contributed by atoms with E-state index in [9.17, 15) is 5.11 Å². The molecule has 0 bridgehead atoms. The second-order valence-electron chi connectivity index (χ2n) is 7.36. The lowest BCUT2D eigenvalue weighted by molar-refractivity contribution is 0.0512. The highest BCUT2D eigenvalue weighted by Crippen LogP contribution is 2.17. The molecule has 4 rings (SSSR count). The molecule has 3 aromatic rings. The van der Waals surface area contributed by atoms with Crippen molar-refractivity contribution in [2.45, 2.75) is 45.0 Å². The van der Waals surface area contributed by atoms with E-state index in [0.29, 0.717) is 13.2 Å². The van der Waals surface area contributed by atoms with Gasteiger partial charge < -0.3 is 9.67 Å². The van der Waals surface area contributed by atoms with E-state index in [1.165, 1.54) is 10.4 Å². The maximum atomic E-state index is 9.97. The second kappa shape index (κ2) is 9.13. The fourth-order valence-corrected chi connectivity index (χ4v) is 4.73. The summed E-state index contributed by atoms with van der Waals surface area (Å²) in [6.45, 7) is 3.15. The van der Waals surface area contributed by atoms with Crippen molar-refractivity contribution in [3.63, 3.8) is 0 Å². The molecule has 1 N–H and O–H groups in total. The summed E-state index contributed by atoms with van der Waals surface area (Å²) in [6, 6.07) is 14.7. The molecule has 148 valence electrons. The molecule has 5 nitrogen and oxygen atoms in total. The van der Waals surface area contributed by atoms with Crippen LogP contribution in [0.25, 0.3) is 0 Å². The first-order valence-electron chi connectivity index (χ1n) is 9.82. The molecule has 1 aromatic carbocycles. The Labute approximate surface area is 174 Å². The minimum Gasteiger partial charge on any atom is -0.392 e. The lowest BCUT2D eigenvalue weighted by atomic mass is 10.1. The van der Waals surface area contributed by atoms with Crippen LogP contribution in [0.15, 0.2) is 47.8 Å². The summed E-state index contributed by atoms with van der Waals surface area (Å²) in [7, 11) is 0. The number of benzene rings is 1. The second-order valence-corrected chi connectivity index (χ2v) is 8.75. The molecule has 3 heterocycles. The van der Waals surface area contributed by atoms with E-state index in [4.69, 9.17) is 17.3 Å². The van der Waals surface area contributed by atoms with Crippen molar-refractivity contribution < 1.29 is 5.11 Å². The molecule has 0 radical (unpaired) electrons. The maximum absolute atomic E-state index is 9.97. The number of hydrogen-bond donors (Lipinski definition) is 1. The van der Waals surface area contributed by atoms with Crippen LogP contribution < -0.4 is 0 Å². The van der Waals surface area contributed by atoms with Gasteiger partial charge >= 0.3 is 0 Å². The molecule has 0 aliphatic carbocycles. The van der Waals surface area contributed by atoms with E-state index in [2.05, 4.69) is 51.2 Å². The predicted molar refractivity (Wildman–Crippen MR) is 115 cm³/mol. The van der Waals surface area contributed by atoms with E-state index in [1.54, 1.807) is 11.3 Å². The van der Waals surface area contributed by atoms with Crippen LogP contribution in [-0.4, -0.2) is 43.5 Å². The Morgan fingerprint density at radius 3 is 2.79 bits per heavy atom. The first-order valence-corrected chi connectivity index (χ1v) is 11.1. The van der Waals surface area contributed by atoms with Crippen LogP contribution in [-0.2, 0) is 26.1 Å². The van der Waals surface area contributed by atoms with Crippen molar-refractivity contribution in [1.82, 2.24) is 19.2 Å².